The molecule has 0 unspecified atom stereocenters. The Hall–Kier alpha value is -2.63. The fourth-order valence-corrected chi connectivity index (χ4v) is 1.89. The van der Waals surface area contributed by atoms with E-state index in [1.165, 1.54) is 18.0 Å². The summed E-state index contributed by atoms with van der Waals surface area (Å²) < 4.78 is 5.63. The Bertz CT molecular complexity index is 643. The molecule has 0 atom stereocenters. The molecule has 110 valence electrons. The molecular weight excluding hydrogens is 268 g/mol. The quantitative estimate of drug-likeness (QED) is 0.813. The first-order chi connectivity index (χ1) is 10.1. The molecule has 1 amide bonds. The van der Waals surface area contributed by atoms with Crippen LogP contribution >= 0.6 is 0 Å². The Morgan fingerprint density at radius 1 is 1.29 bits per heavy atom. The number of aryl methyl sites for hydroxylation is 2. The lowest BCUT2D eigenvalue weighted by Gasteiger charge is -2.10. The predicted molar refractivity (Wildman–Crippen MR) is 80.2 cm³/mol. The zero-order valence-corrected chi connectivity index (χ0v) is 12.1. The molecule has 0 fully saturated rings. The first kappa shape index (κ1) is 14.8. The van der Waals surface area contributed by atoms with Crippen LogP contribution in [0.3, 0.4) is 0 Å². The van der Waals surface area contributed by atoms with Gasteiger partial charge in [-0.05, 0) is 25.5 Å². The van der Waals surface area contributed by atoms with Gasteiger partial charge in [0.05, 0.1) is 6.54 Å². The van der Waals surface area contributed by atoms with E-state index >= 15 is 0 Å². The van der Waals surface area contributed by atoms with Gasteiger partial charge in [-0.3, -0.25) is 4.79 Å². The summed E-state index contributed by atoms with van der Waals surface area (Å²) in [5, 5.41) is 2.69. The van der Waals surface area contributed by atoms with E-state index in [2.05, 4.69) is 15.3 Å². The van der Waals surface area contributed by atoms with Gasteiger partial charge in [0.15, 0.2) is 11.5 Å². The number of nitrogens with one attached hydrogen (secondary N) is 1. The van der Waals surface area contributed by atoms with Gasteiger partial charge in [-0.1, -0.05) is 17.7 Å². The number of nitrogen functional groups attached to an aromatic ring is 1. The normalized spacial score (nSPS) is 10.2. The van der Waals surface area contributed by atoms with Gasteiger partial charge in [0, 0.05) is 12.4 Å². The molecule has 0 spiro atoms. The Morgan fingerprint density at radius 2 is 2.05 bits per heavy atom. The average molecular weight is 286 g/mol. The third kappa shape index (κ3) is 3.92. The second kappa shape index (κ2) is 6.69. The van der Waals surface area contributed by atoms with Crippen molar-refractivity contribution in [1.82, 2.24) is 15.3 Å². The molecule has 0 aliphatic carbocycles. The molecule has 1 aromatic heterocycles. The SMILES string of the molecule is Cc1ccc(OCCNC(=O)c2nccnc2N)c(C)c1. The second-order valence-corrected chi connectivity index (χ2v) is 4.66. The Balaban J connectivity index is 1.82. The van der Waals surface area contributed by atoms with Crippen molar-refractivity contribution >= 4 is 11.7 Å². The first-order valence-electron chi connectivity index (χ1n) is 6.62. The van der Waals surface area contributed by atoms with Gasteiger partial charge in [-0.2, -0.15) is 0 Å². The minimum absolute atomic E-state index is 0.116. The monoisotopic (exact) mass is 286 g/mol. The van der Waals surface area contributed by atoms with Crippen LogP contribution < -0.4 is 15.8 Å². The maximum atomic E-state index is 11.8. The van der Waals surface area contributed by atoms with Crippen molar-refractivity contribution in [2.75, 3.05) is 18.9 Å². The molecule has 6 nitrogen and oxygen atoms in total. The lowest BCUT2D eigenvalue weighted by atomic mass is 10.1. The van der Waals surface area contributed by atoms with Gasteiger partial charge in [0.25, 0.3) is 5.91 Å². The van der Waals surface area contributed by atoms with Crippen molar-refractivity contribution in [2.45, 2.75) is 13.8 Å². The summed E-state index contributed by atoms with van der Waals surface area (Å²) in [6, 6.07) is 5.96. The molecule has 1 heterocycles. The molecule has 3 N–H and O–H groups in total. The zero-order chi connectivity index (χ0) is 15.2. The summed E-state index contributed by atoms with van der Waals surface area (Å²) in [5.74, 6) is 0.573. The van der Waals surface area contributed by atoms with Gasteiger partial charge in [0.1, 0.15) is 12.4 Å². The van der Waals surface area contributed by atoms with Crippen LogP contribution in [0.5, 0.6) is 5.75 Å². The van der Waals surface area contributed by atoms with Crippen LogP contribution in [0.1, 0.15) is 21.6 Å². The molecular formula is C15H18N4O2. The van der Waals surface area contributed by atoms with Crippen molar-refractivity contribution < 1.29 is 9.53 Å². The lowest BCUT2D eigenvalue weighted by molar-refractivity contribution is 0.0942. The standard InChI is InChI=1S/C15H18N4O2/c1-10-3-4-12(11(2)9-10)21-8-7-19-15(20)13-14(16)18-6-5-17-13/h3-6,9H,7-8H2,1-2H3,(H2,16,18)(H,19,20). The van der Waals surface area contributed by atoms with Gasteiger partial charge in [0.2, 0.25) is 0 Å². The Kier molecular flexibility index (Phi) is 4.71. The summed E-state index contributed by atoms with van der Waals surface area (Å²) >= 11 is 0. The lowest BCUT2D eigenvalue weighted by Crippen LogP contribution is -2.29. The van der Waals surface area contributed by atoms with Crippen molar-refractivity contribution in [3.8, 4) is 5.75 Å². The molecule has 0 aliphatic heterocycles. The molecule has 0 bridgehead atoms. The number of benzene rings is 1. The van der Waals surface area contributed by atoms with Crippen LogP contribution in [0.15, 0.2) is 30.6 Å². The molecule has 2 rings (SSSR count). The highest BCUT2D eigenvalue weighted by Gasteiger charge is 2.11. The number of carbonyl (C=O) groups is 1. The minimum Gasteiger partial charge on any atom is -0.491 e. The van der Waals surface area contributed by atoms with E-state index in [0.29, 0.717) is 13.2 Å². The minimum atomic E-state index is -0.357. The molecule has 0 aliphatic rings. The van der Waals surface area contributed by atoms with E-state index in [4.69, 9.17) is 10.5 Å². The Morgan fingerprint density at radius 3 is 2.76 bits per heavy atom. The summed E-state index contributed by atoms with van der Waals surface area (Å²) in [7, 11) is 0. The molecule has 21 heavy (non-hydrogen) atoms. The van der Waals surface area contributed by atoms with E-state index < -0.39 is 0 Å². The molecule has 0 saturated heterocycles. The maximum absolute atomic E-state index is 11.8. The van der Waals surface area contributed by atoms with Crippen molar-refractivity contribution in [3.05, 3.63) is 47.4 Å². The smallest absolute Gasteiger partial charge is 0.273 e. The number of hydrogen-bond acceptors (Lipinski definition) is 5. The van der Waals surface area contributed by atoms with Crippen LogP contribution in [0.25, 0.3) is 0 Å². The van der Waals surface area contributed by atoms with Crippen LogP contribution in [-0.4, -0.2) is 29.0 Å². The number of anilines is 1. The average Bonchev–Trinajstić information content (AvgIpc) is 2.45. The number of ether oxygens (including phenoxy) is 1. The Labute approximate surface area is 123 Å². The van der Waals surface area contributed by atoms with Crippen molar-refractivity contribution in [2.24, 2.45) is 0 Å². The molecule has 6 heteroatoms. The van der Waals surface area contributed by atoms with E-state index in [1.807, 2.05) is 32.0 Å². The van der Waals surface area contributed by atoms with E-state index in [0.717, 1.165) is 11.3 Å². The van der Waals surface area contributed by atoms with Gasteiger partial charge >= 0.3 is 0 Å². The topological polar surface area (TPSA) is 90.1 Å². The highest BCUT2D eigenvalue weighted by Crippen LogP contribution is 2.18. The fraction of sp³-hybridized carbons (Fsp3) is 0.267. The largest absolute Gasteiger partial charge is 0.491 e. The third-order valence-corrected chi connectivity index (χ3v) is 2.92. The molecule has 2 aromatic rings. The van der Waals surface area contributed by atoms with Crippen LogP contribution in [-0.2, 0) is 0 Å². The van der Waals surface area contributed by atoms with Gasteiger partial charge in [-0.25, -0.2) is 9.97 Å². The third-order valence-electron chi connectivity index (χ3n) is 2.92. The summed E-state index contributed by atoms with van der Waals surface area (Å²) in [5.41, 5.74) is 7.97. The predicted octanol–water partition coefficient (Wildman–Crippen LogP) is 1.48. The first-order valence-corrected chi connectivity index (χ1v) is 6.62. The van der Waals surface area contributed by atoms with E-state index in [-0.39, 0.29) is 17.4 Å². The second-order valence-electron chi connectivity index (χ2n) is 4.66. The number of hydrogen-bond donors (Lipinski definition) is 2. The molecule has 0 saturated carbocycles. The summed E-state index contributed by atoms with van der Waals surface area (Å²) in [6.45, 7) is 4.75. The van der Waals surface area contributed by atoms with E-state index in [9.17, 15) is 4.79 Å². The summed E-state index contributed by atoms with van der Waals surface area (Å²) in [6.07, 6.45) is 2.87. The van der Waals surface area contributed by atoms with Crippen molar-refractivity contribution in [1.29, 1.82) is 0 Å². The highest BCUT2D eigenvalue weighted by atomic mass is 16.5. The number of carbonyl (C=O) groups excluding carboxylic acids is 1. The van der Waals surface area contributed by atoms with E-state index in [1.54, 1.807) is 0 Å². The summed E-state index contributed by atoms with van der Waals surface area (Å²) in [4.78, 5) is 19.6. The maximum Gasteiger partial charge on any atom is 0.273 e. The van der Waals surface area contributed by atoms with Gasteiger partial charge < -0.3 is 15.8 Å². The van der Waals surface area contributed by atoms with Crippen molar-refractivity contribution in [3.63, 3.8) is 0 Å². The number of nitrogens with two attached hydrogens (primary N) is 1. The van der Waals surface area contributed by atoms with Crippen LogP contribution in [0.2, 0.25) is 0 Å². The zero-order valence-electron chi connectivity index (χ0n) is 12.1. The van der Waals surface area contributed by atoms with Gasteiger partial charge in [-0.15, -0.1) is 0 Å². The number of aromatic nitrogens is 2. The van der Waals surface area contributed by atoms with Crippen LogP contribution in [0.4, 0.5) is 5.82 Å². The number of rotatable bonds is 5. The molecule has 0 radical (unpaired) electrons. The number of amides is 1. The fourth-order valence-electron chi connectivity index (χ4n) is 1.89. The molecule has 1 aromatic carbocycles. The van der Waals surface area contributed by atoms with Crippen LogP contribution in [0, 0.1) is 13.8 Å². The highest BCUT2D eigenvalue weighted by molar-refractivity contribution is 5.96. The number of nitrogens with zero attached hydrogens (tertiary/aromatic N) is 2.